The first kappa shape index (κ1) is 21.2. The van der Waals surface area contributed by atoms with Gasteiger partial charge in [-0.15, -0.1) is 0 Å². The van der Waals surface area contributed by atoms with Crippen LogP contribution in [-0.4, -0.2) is 25.0 Å². The van der Waals surface area contributed by atoms with Crippen molar-refractivity contribution in [3.8, 4) is 11.5 Å². The summed E-state index contributed by atoms with van der Waals surface area (Å²) in [5, 5.41) is 5.84. The first-order valence-electron chi connectivity index (χ1n) is 9.46. The zero-order valence-electron chi connectivity index (χ0n) is 17.0. The largest absolute Gasteiger partial charge is 0.486 e. The fourth-order valence-electron chi connectivity index (χ4n) is 2.83. The second kappa shape index (κ2) is 8.45. The number of rotatable bonds is 4. The second-order valence-electron chi connectivity index (χ2n) is 8.00. The normalized spacial score (nSPS) is 14.1. The molecule has 2 aromatic rings. The molecule has 1 aliphatic heterocycles. The van der Waals surface area contributed by atoms with Crippen molar-refractivity contribution in [2.75, 3.05) is 18.5 Å². The Kier molecular flexibility index (Phi) is 6.17. The third kappa shape index (κ3) is 5.09. The van der Waals surface area contributed by atoms with Gasteiger partial charge in [-0.05, 0) is 42.8 Å². The molecular weight excluding hydrogens is 436 g/mol. The summed E-state index contributed by atoms with van der Waals surface area (Å²) in [6.45, 7) is 8.44. The van der Waals surface area contributed by atoms with Crippen LogP contribution in [0.5, 0.6) is 11.5 Å². The molecule has 29 heavy (non-hydrogen) atoms. The number of nitrogens with one attached hydrogen (secondary N) is 2. The van der Waals surface area contributed by atoms with E-state index in [1.165, 1.54) is 0 Å². The van der Waals surface area contributed by atoms with Crippen molar-refractivity contribution in [1.82, 2.24) is 5.32 Å². The molecule has 2 amide bonds. The van der Waals surface area contributed by atoms with E-state index in [4.69, 9.17) is 9.47 Å². The highest BCUT2D eigenvalue weighted by Crippen LogP contribution is 2.37. The standard InChI is InChI=1S/C22H25BrN2O4/c1-13(16-11-18-19(12-17(16)23)29-9-8-28-18)24-20(26)14-6-5-7-15(10-14)25-21(27)22(2,3)4/h5-7,10-13H,8-9H2,1-4H3,(H,24,26)(H,25,27). The Bertz CT molecular complexity index is 937. The van der Waals surface area contributed by atoms with Crippen molar-refractivity contribution >= 4 is 33.4 Å². The van der Waals surface area contributed by atoms with Crippen molar-refractivity contribution in [3.63, 3.8) is 0 Å². The van der Waals surface area contributed by atoms with E-state index in [-0.39, 0.29) is 17.9 Å². The fourth-order valence-corrected chi connectivity index (χ4v) is 3.49. The maximum atomic E-state index is 12.8. The SMILES string of the molecule is CC(NC(=O)c1cccc(NC(=O)C(C)(C)C)c1)c1cc2c(cc1Br)OCCO2. The number of hydrogen-bond donors (Lipinski definition) is 2. The first-order valence-corrected chi connectivity index (χ1v) is 10.3. The summed E-state index contributed by atoms with van der Waals surface area (Å²) in [7, 11) is 0. The smallest absolute Gasteiger partial charge is 0.251 e. The maximum Gasteiger partial charge on any atom is 0.251 e. The summed E-state index contributed by atoms with van der Waals surface area (Å²) >= 11 is 3.55. The molecule has 2 N–H and O–H groups in total. The molecule has 6 nitrogen and oxygen atoms in total. The molecule has 2 aromatic carbocycles. The monoisotopic (exact) mass is 460 g/mol. The predicted octanol–water partition coefficient (Wildman–Crippen LogP) is 4.70. The fraction of sp³-hybridized carbons (Fsp3) is 0.364. The molecule has 1 heterocycles. The molecule has 1 atom stereocenters. The lowest BCUT2D eigenvalue weighted by molar-refractivity contribution is -0.123. The van der Waals surface area contributed by atoms with Crippen molar-refractivity contribution in [2.45, 2.75) is 33.7 Å². The number of benzene rings is 2. The number of carbonyl (C=O) groups excluding carboxylic acids is 2. The molecule has 7 heteroatoms. The summed E-state index contributed by atoms with van der Waals surface area (Å²) < 4.78 is 12.1. The van der Waals surface area contributed by atoms with Crippen LogP contribution in [0.1, 0.15) is 49.7 Å². The molecule has 3 rings (SSSR count). The van der Waals surface area contributed by atoms with Gasteiger partial charge in [0.15, 0.2) is 11.5 Å². The van der Waals surface area contributed by atoms with E-state index in [0.717, 1.165) is 10.0 Å². The highest BCUT2D eigenvalue weighted by molar-refractivity contribution is 9.10. The minimum atomic E-state index is -0.517. The topological polar surface area (TPSA) is 76.7 Å². The van der Waals surface area contributed by atoms with Crippen LogP contribution < -0.4 is 20.1 Å². The van der Waals surface area contributed by atoms with Gasteiger partial charge in [0.2, 0.25) is 5.91 Å². The molecule has 1 aliphatic rings. The molecule has 0 fully saturated rings. The molecule has 0 aromatic heterocycles. The summed E-state index contributed by atoms with van der Waals surface area (Å²) in [5.74, 6) is 1.02. The lowest BCUT2D eigenvalue weighted by Gasteiger charge is -2.22. The number of anilines is 1. The van der Waals surface area contributed by atoms with Crippen LogP contribution in [0.15, 0.2) is 40.9 Å². The minimum Gasteiger partial charge on any atom is -0.486 e. The third-order valence-corrected chi connectivity index (χ3v) is 5.23. The Morgan fingerprint density at radius 2 is 1.72 bits per heavy atom. The van der Waals surface area contributed by atoms with E-state index < -0.39 is 5.41 Å². The summed E-state index contributed by atoms with van der Waals surface area (Å²) in [6.07, 6.45) is 0. The predicted molar refractivity (Wildman–Crippen MR) is 116 cm³/mol. The number of amides is 2. The maximum absolute atomic E-state index is 12.8. The lowest BCUT2D eigenvalue weighted by atomic mass is 9.95. The zero-order chi connectivity index (χ0) is 21.2. The average Bonchev–Trinajstić information content (AvgIpc) is 2.66. The van der Waals surface area contributed by atoms with Gasteiger partial charge >= 0.3 is 0 Å². The van der Waals surface area contributed by atoms with Crippen molar-refractivity contribution < 1.29 is 19.1 Å². The Morgan fingerprint density at radius 1 is 1.07 bits per heavy atom. The van der Waals surface area contributed by atoms with Crippen LogP contribution in [0.25, 0.3) is 0 Å². The lowest BCUT2D eigenvalue weighted by Crippen LogP contribution is -2.29. The average molecular weight is 461 g/mol. The Morgan fingerprint density at radius 3 is 2.38 bits per heavy atom. The van der Waals surface area contributed by atoms with Gasteiger partial charge in [-0.25, -0.2) is 0 Å². The van der Waals surface area contributed by atoms with Crippen LogP contribution in [0.4, 0.5) is 5.69 Å². The van der Waals surface area contributed by atoms with Crippen LogP contribution >= 0.6 is 15.9 Å². The Labute approximate surface area is 179 Å². The van der Waals surface area contributed by atoms with E-state index in [1.807, 2.05) is 39.8 Å². The van der Waals surface area contributed by atoms with Crippen LogP contribution in [0, 0.1) is 5.41 Å². The molecule has 0 aliphatic carbocycles. The van der Waals surface area contributed by atoms with Gasteiger partial charge in [0, 0.05) is 21.1 Å². The van der Waals surface area contributed by atoms with Gasteiger partial charge in [-0.1, -0.05) is 42.8 Å². The molecule has 0 saturated heterocycles. The molecular formula is C22H25BrN2O4. The highest BCUT2D eigenvalue weighted by atomic mass is 79.9. The van der Waals surface area contributed by atoms with Gasteiger partial charge < -0.3 is 20.1 Å². The molecule has 0 bridgehead atoms. The number of ether oxygens (including phenoxy) is 2. The van der Waals surface area contributed by atoms with E-state index in [2.05, 4.69) is 26.6 Å². The van der Waals surface area contributed by atoms with Crippen LogP contribution in [0.2, 0.25) is 0 Å². The molecule has 1 unspecified atom stereocenters. The first-order chi connectivity index (χ1) is 13.6. The number of fused-ring (bicyclic) bond motifs is 1. The third-order valence-electron chi connectivity index (χ3n) is 4.54. The summed E-state index contributed by atoms with van der Waals surface area (Å²) in [4.78, 5) is 25.0. The Balaban J connectivity index is 1.73. The van der Waals surface area contributed by atoms with Crippen molar-refractivity contribution in [3.05, 3.63) is 52.0 Å². The van der Waals surface area contributed by atoms with Gasteiger partial charge in [0.25, 0.3) is 5.91 Å². The molecule has 154 valence electrons. The molecule has 0 radical (unpaired) electrons. The van der Waals surface area contributed by atoms with Gasteiger partial charge in [-0.2, -0.15) is 0 Å². The van der Waals surface area contributed by atoms with E-state index in [1.54, 1.807) is 24.3 Å². The van der Waals surface area contributed by atoms with Crippen molar-refractivity contribution in [1.29, 1.82) is 0 Å². The molecule has 0 spiro atoms. The number of hydrogen-bond acceptors (Lipinski definition) is 4. The highest BCUT2D eigenvalue weighted by Gasteiger charge is 2.22. The van der Waals surface area contributed by atoms with Crippen LogP contribution in [-0.2, 0) is 4.79 Å². The second-order valence-corrected chi connectivity index (χ2v) is 8.85. The van der Waals surface area contributed by atoms with Crippen LogP contribution in [0.3, 0.4) is 0 Å². The summed E-state index contributed by atoms with van der Waals surface area (Å²) in [6, 6.07) is 10.4. The number of halogens is 1. The summed E-state index contributed by atoms with van der Waals surface area (Å²) in [5.41, 5.74) is 1.43. The zero-order valence-corrected chi connectivity index (χ0v) is 18.6. The van der Waals surface area contributed by atoms with E-state index >= 15 is 0 Å². The minimum absolute atomic E-state index is 0.108. The Hall–Kier alpha value is -2.54. The number of carbonyl (C=O) groups is 2. The van der Waals surface area contributed by atoms with Gasteiger partial charge in [0.1, 0.15) is 13.2 Å². The van der Waals surface area contributed by atoms with Crippen molar-refractivity contribution in [2.24, 2.45) is 5.41 Å². The van der Waals surface area contributed by atoms with E-state index in [9.17, 15) is 9.59 Å². The van der Waals surface area contributed by atoms with E-state index in [0.29, 0.717) is 36.0 Å². The quantitative estimate of drug-likeness (QED) is 0.693. The van der Waals surface area contributed by atoms with Gasteiger partial charge in [0.05, 0.1) is 6.04 Å². The molecule has 0 saturated carbocycles. The van der Waals surface area contributed by atoms with Gasteiger partial charge in [-0.3, -0.25) is 9.59 Å².